The van der Waals surface area contributed by atoms with E-state index in [-0.39, 0.29) is 0 Å². The second-order valence-corrected chi connectivity index (χ2v) is 15.6. The van der Waals surface area contributed by atoms with Gasteiger partial charge in [-0.3, -0.25) is 0 Å². The van der Waals surface area contributed by atoms with Crippen LogP contribution in [0, 0.1) is 0 Å². The summed E-state index contributed by atoms with van der Waals surface area (Å²) < 4.78 is 12.0. The molecular weight excluding hydrogens is 447 g/mol. The van der Waals surface area contributed by atoms with Gasteiger partial charge in [0.15, 0.2) is 0 Å². The third-order valence-corrected chi connectivity index (χ3v) is 16.0. The Morgan fingerprint density at radius 2 is 0.971 bits per heavy atom. The largest absolute Gasteiger partial charge is 0.496 e. The first-order chi connectivity index (χ1) is 17.3. The van der Waals surface area contributed by atoms with E-state index < -0.39 is 7.26 Å². The number of rotatable bonds is 7. The highest BCUT2D eigenvalue weighted by atomic mass is 31.2. The monoisotopic (exact) mass is 493 g/mol. The summed E-state index contributed by atoms with van der Waals surface area (Å²) in [5.41, 5.74) is 5.31. The first-order valence-corrected chi connectivity index (χ1v) is 16.5. The molecule has 190 valence electrons. The van der Waals surface area contributed by atoms with Gasteiger partial charge in [0.1, 0.15) is 16.8 Å². The average molecular weight is 494 g/mol. The lowest BCUT2D eigenvalue weighted by molar-refractivity contribution is 0.397. The Labute approximate surface area is 214 Å². The highest BCUT2D eigenvalue weighted by molar-refractivity contribution is 7.85. The van der Waals surface area contributed by atoms with Crippen LogP contribution in [-0.4, -0.2) is 31.2 Å². The second-order valence-electron chi connectivity index (χ2n) is 11.3. The molecule has 0 heterocycles. The minimum atomic E-state index is -1.45. The molecule has 0 saturated heterocycles. The van der Waals surface area contributed by atoms with Crippen LogP contribution < -0.4 is 14.8 Å². The maximum Gasteiger partial charge on any atom is 0.130 e. The predicted molar refractivity (Wildman–Crippen MR) is 152 cm³/mol. The molecule has 35 heavy (non-hydrogen) atoms. The fourth-order valence-corrected chi connectivity index (χ4v) is 15.7. The molecule has 3 aliphatic rings. The van der Waals surface area contributed by atoms with E-state index in [1.807, 2.05) is 14.2 Å². The van der Waals surface area contributed by atoms with Gasteiger partial charge in [0.05, 0.1) is 44.0 Å². The van der Waals surface area contributed by atoms with Gasteiger partial charge in [-0.2, -0.15) is 0 Å². The zero-order valence-electron chi connectivity index (χ0n) is 22.1. The van der Waals surface area contributed by atoms with Crippen molar-refractivity contribution in [2.24, 2.45) is 0 Å². The summed E-state index contributed by atoms with van der Waals surface area (Å²) in [5, 5.41) is 1.73. The standard InChI is InChI=1S/C32H46O2P/c1-33-29-22-14-23-30(34-2)32(29)28-21-12-13-24-31(28)35(25-15-6-3-7-16-25,26-17-8-4-9-18-26)27-19-10-5-11-20-27/h12-14,21-27H,3-11,15-20H2,1-2H3/q+1. The molecule has 2 aromatic carbocycles. The van der Waals surface area contributed by atoms with Crippen molar-refractivity contribution in [3.63, 3.8) is 0 Å². The van der Waals surface area contributed by atoms with Gasteiger partial charge in [0.2, 0.25) is 0 Å². The van der Waals surface area contributed by atoms with Crippen LogP contribution in [0.1, 0.15) is 96.3 Å². The van der Waals surface area contributed by atoms with Crippen LogP contribution in [0.4, 0.5) is 0 Å². The second kappa shape index (κ2) is 11.7. The summed E-state index contributed by atoms with van der Waals surface area (Å²) >= 11 is 0. The molecule has 2 aromatic rings. The van der Waals surface area contributed by atoms with Gasteiger partial charge in [0.25, 0.3) is 0 Å². The molecule has 0 atom stereocenters. The molecule has 0 radical (unpaired) electrons. The van der Waals surface area contributed by atoms with Crippen LogP contribution in [0.3, 0.4) is 0 Å². The third-order valence-electron chi connectivity index (χ3n) is 9.56. The topological polar surface area (TPSA) is 18.5 Å². The van der Waals surface area contributed by atoms with E-state index in [1.165, 1.54) is 107 Å². The smallest absolute Gasteiger partial charge is 0.130 e. The van der Waals surface area contributed by atoms with E-state index in [9.17, 15) is 0 Å². The van der Waals surface area contributed by atoms with E-state index in [4.69, 9.17) is 9.47 Å². The molecule has 0 aliphatic heterocycles. The SMILES string of the molecule is COc1cccc(OC)c1-c1ccccc1[P+](C1CCCCC1)(C1CCCCC1)C1CCCCC1. The maximum absolute atomic E-state index is 5.98. The molecule has 0 N–H and O–H groups in total. The molecular formula is C32H46O2P+. The van der Waals surface area contributed by atoms with Crippen LogP contribution >= 0.6 is 7.26 Å². The van der Waals surface area contributed by atoms with Gasteiger partial charge in [-0.15, -0.1) is 0 Å². The molecule has 3 saturated carbocycles. The molecule has 3 fully saturated rings. The Balaban J connectivity index is 1.77. The number of methoxy groups -OCH3 is 2. The van der Waals surface area contributed by atoms with Crippen molar-refractivity contribution < 1.29 is 9.47 Å². The van der Waals surface area contributed by atoms with E-state index >= 15 is 0 Å². The van der Waals surface area contributed by atoms with Gasteiger partial charge >= 0.3 is 0 Å². The zero-order chi connectivity index (χ0) is 24.1. The Bertz CT molecular complexity index is 884. The summed E-state index contributed by atoms with van der Waals surface area (Å²) in [4.78, 5) is 0. The summed E-state index contributed by atoms with van der Waals surface area (Å²) in [7, 11) is 2.17. The van der Waals surface area contributed by atoms with Crippen molar-refractivity contribution in [1.82, 2.24) is 0 Å². The van der Waals surface area contributed by atoms with Crippen molar-refractivity contribution >= 4 is 12.6 Å². The van der Waals surface area contributed by atoms with Crippen molar-refractivity contribution in [2.45, 2.75) is 113 Å². The lowest BCUT2D eigenvalue weighted by Gasteiger charge is -2.49. The minimum absolute atomic E-state index is 0.907. The van der Waals surface area contributed by atoms with Gasteiger partial charge < -0.3 is 9.47 Å². The lowest BCUT2D eigenvalue weighted by atomic mass is 9.98. The van der Waals surface area contributed by atoms with E-state index in [0.29, 0.717) is 0 Å². The summed E-state index contributed by atoms with van der Waals surface area (Å²) in [6, 6.07) is 15.9. The predicted octanol–water partition coefficient (Wildman–Crippen LogP) is 9.01. The maximum atomic E-state index is 5.98. The van der Waals surface area contributed by atoms with Crippen LogP contribution in [0.25, 0.3) is 11.1 Å². The third kappa shape index (κ3) is 4.77. The van der Waals surface area contributed by atoms with Crippen LogP contribution in [-0.2, 0) is 0 Å². The molecule has 2 nitrogen and oxygen atoms in total. The van der Waals surface area contributed by atoms with Crippen molar-refractivity contribution in [3.05, 3.63) is 42.5 Å². The summed E-state index contributed by atoms with van der Waals surface area (Å²) in [5.74, 6) is 1.90. The highest BCUT2D eigenvalue weighted by Crippen LogP contribution is 2.77. The Hall–Kier alpha value is -1.53. The molecule has 3 aliphatic carbocycles. The molecule has 3 heteroatoms. The van der Waals surface area contributed by atoms with Gasteiger partial charge in [-0.1, -0.05) is 43.5 Å². The van der Waals surface area contributed by atoms with E-state index in [1.54, 1.807) is 5.30 Å². The molecule has 0 amide bonds. The van der Waals surface area contributed by atoms with Crippen molar-refractivity contribution in [3.8, 4) is 22.6 Å². The molecule has 5 rings (SSSR count). The van der Waals surface area contributed by atoms with Gasteiger partial charge in [-0.05, 0) is 95.2 Å². The molecule has 0 aromatic heterocycles. The molecule has 0 spiro atoms. The highest BCUT2D eigenvalue weighted by Gasteiger charge is 2.59. The fourth-order valence-electron chi connectivity index (χ4n) is 8.15. The average Bonchev–Trinajstić information content (AvgIpc) is 2.95. The van der Waals surface area contributed by atoms with Crippen LogP contribution in [0.15, 0.2) is 42.5 Å². The summed E-state index contributed by atoms with van der Waals surface area (Å²) in [6.07, 6.45) is 21.7. The van der Waals surface area contributed by atoms with Crippen LogP contribution in [0.5, 0.6) is 11.5 Å². The Morgan fingerprint density at radius 1 is 0.543 bits per heavy atom. The number of hydrogen-bond acceptors (Lipinski definition) is 2. The quantitative estimate of drug-likeness (QED) is 0.358. The normalized spacial score (nSPS) is 21.1. The van der Waals surface area contributed by atoms with Gasteiger partial charge in [-0.25, -0.2) is 0 Å². The van der Waals surface area contributed by atoms with E-state index in [0.717, 1.165) is 28.5 Å². The number of hydrogen-bond donors (Lipinski definition) is 0. The number of ether oxygens (including phenoxy) is 2. The van der Waals surface area contributed by atoms with Gasteiger partial charge in [0, 0.05) is 5.56 Å². The fraction of sp³-hybridized carbons (Fsp3) is 0.625. The summed E-state index contributed by atoms with van der Waals surface area (Å²) in [6.45, 7) is 0. The molecule has 0 bridgehead atoms. The van der Waals surface area contributed by atoms with E-state index in [2.05, 4.69) is 42.5 Å². The molecule has 0 unspecified atom stereocenters. The van der Waals surface area contributed by atoms with Crippen LogP contribution in [0.2, 0.25) is 0 Å². The zero-order valence-corrected chi connectivity index (χ0v) is 23.0. The Morgan fingerprint density at radius 3 is 1.40 bits per heavy atom. The minimum Gasteiger partial charge on any atom is -0.496 e. The first kappa shape index (κ1) is 25.1. The number of benzene rings is 2. The Kier molecular flexibility index (Phi) is 8.39. The van der Waals surface area contributed by atoms with Crippen molar-refractivity contribution in [2.75, 3.05) is 14.2 Å². The first-order valence-electron chi connectivity index (χ1n) is 14.5. The lowest BCUT2D eigenvalue weighted by Crippen LogP contribution is -2.42. The van der Waals surface area contributed by atoms with Crippen molar-refractivity contribution in [1.29, 1.82) is 0 Å².